The molecule has 0 bridgehead atoms. The van der Waals surface area contributed by atoms with Crippen LogP contribution in [0.25, 0.3) is 0 Å². The van der Waals surface area contributed by atoms with Gasteiger partial charge in [0.2, 0.25) is 0 Å². The van der Waals surface area contributed by atoms with Gasteiger partial charge in [0.1, 0.15) is 0 Å². The Balaban J connectivity index is 1.46. The molecule has 5 heteroatoms. The Labute approximate surface area is 134 Å². The van der Waals surface area contributed by atoms with Gasteiger partial charge in [-0.3, -0.25) is 4.68 Å². The SMILES string of the molecule is Cn1cc(CNCC2CCN(c3cccc(Br)c3)C2)cn1. The van der Waals surface area contributed by atoms with E-state index in [9.17, 15) is 0 Å². The molecule has 2 aromatic rings. The fourth-order valence-corrected chi connectivity index (χ4v) is 3.28. The average Bonchev–Trinajstić information content (AvgIpc) is 3.08. The van der Waals surface area contributed by atoms with Crippen LogP contribution in [0.4, 0.5) is 5.69 Å². The van der Waals surface area contributed by atoms with Crippen LogP contribution in [0.2, 0.25) is 0 Å². The number of nitrogens with one attached hydrogen (secondary N) is 1. The van der Waals surface area contributed by atoms with Crippen LogP contribution in [0, 0.1) is 5.92 Å². The lowest BCUT2D eigenvalue weighted by Gasteiger charge is -2.19. The van der Waals surface area contributed by atoms with Crippen molar-refractivity contribution in [3.05, 3.63) is 46.7 Å². The van der Waals surface area contributed by atoms with E-state index in [1.807, 2.05) is 17.9 Å². The van der Waals surface area contributed by atoms with Crippen molar-refractivity contribution in [3.8, 4) is 0 Å². The third-order valence-corrected chi connectivity index (χ3v) is 4.47. The van der Waals surface area contributed by atoms with Gasteiger partial charge in [0.15, 0.2) is 0 Å². The zero-order valence-electron chi connectivity index (χ0n) is 12.3. The van der Waals surface area contributed by atoms with Crippen molar-refractivity contribution in [3.63, 3.8) is 0 Å². The number of nitrogens with zero attached hydrogens (tertiary/aromatic N) is 3. The number of aromatic nitrogens is 2. The molecule has 0 amide bonds. The summed E-state index contributed by atoms with van der Waals surface area (Å²) in [7, 11) is 1.95. The minimum atomic E-state index is 0.723. The smallest absolute Gasteiger partial charge is 0.0534 e. The summed E-state index contributed by atoms with van der Waals surface area (Å²) >= 11 is 3.55. The molecule has 2 heterocycles. The topological polar surface area (TPSA) is 33.1 Å². The molecule has 112 valence electrons. The maximum atomic E-state index is 4.19. The Morgan fingerprint density at radius 2 is 2.33 bits per heavy atom. The fourth-order valence-electron chi connectivity index (χ4n) is 2.89. The van der Waals surface area contributed by atoms with Gasteiger partial charge in [0.05, 0.1) is 6.20 Å². The Bertz CT molecular complexity index is 595. The minimum Gasteiger partial charge on any atom is -0.371 e. The molecular formula is C16H21BrN4. The number of benzene rings is 1. The lowest BCUT2D eigenvalue weighted by atomic mass is 10.1. The van der Waals surface area contributed by atoms with Gasteiger partial charge in [0, 0.05) is 55.1 Å². The number of hydrogen-bond donors (Lipinski definition) is 1. The number of anilines is 1. The first-order chi connectivity index (χ1) is 10.2. The largest absolute Gasteiger partial charge is 0.371 e. The number of rotatable bonds is 5. The van der Waals surface area contributed by atoms with Crippen molar-refractivity contribution in [2.24, 2.45) is 13.0 Å². The zero-order chi connectivity index (χ0) is 14.7. The van der Waals surface area contributed by atoms with Gasteiger partial charge < -0.3 is 10.2 Å². The molecule has 0 radical (unpaired) electrons. The summed E-state index contributed by atoms with van der Waals surface area (Å²) in [6.07, 6.45) is 5.25. The zero-order valence-corrected chi connectivity index (χ0v) is 13.9. The van der Waals surface area contributed by atoms with Gasteiger partial charge in [-0.25, -0.2) is 0 Å². The molecular weight excluding hydrogens is 328 g/mol. The van der Waals surface area contributed by atoms with Crippen LogP contribution >= 0.6 is 15.9 Å². The summed E-state index contributed by atoms with van der Waals surface area (Å²) in [5.41, 5.74) is 2.57. The van der Waals surface area contributed by atoms with Crippen LogP contribution in [-0.4, -0.2) is 29.4 Å². The lowest BCUT2D eigenvalue weighted by Crippen LogP contribution is -2.26. The van der Waals surface area contributed by atoms with Crippen LogP contribution in [0.15, 0.2) is 41.1 Å². The van der Waals surface area contributed by atoms with Gasteiger partial charge in [-0.15, -0.1) is 0 Å². The predicted octanol–water partition coefficient (Wildman–Crippen LogP) is 2.80. The first-order valence-corrected chi connectivity index (χ1v) is 8.19. The molecule has 0 saturated carbocycles. The standard InChI is InChI=1S/C16H21BrN4/c1-20-11-14(10-19-20)9-18-8-13-5-6-21(12-13)16-4-2-3-15(17)7-16/h2-4,7,10-11,13,18H,5-6,8-9,12H2,1H3. The van der Waals surface area contributed by atoms with Crippen molar-refractivity contribution < 1.29 is 0 Å². The predicted molar refractivity (Wildman–Crippen MR) is 89.4 cm³/mol. The van der Waals surface area contributed by atoms with E-state index in [4.69, 9.17) is 0 Å². The van der Waals surface area contributed by atoms with Gasteiger partial charge >= 0.3 is 0 Å². The van der Waals surface area contributed by atoms with E-state index in [0.29, 0.717) is 0 Å². The molecule has 1 atom stereocenters. The Hall–Kier alpha value is -1.33. The highest BCUT2D eigenvalue weighted by atomic mass is 79.9. The van der Waals surface area contributed by atoms with Crippen molar-refractivity contribution in [1.82, 2.24) is 15.1 Å². The quantitative estimate of drug-likeness (QED) is 0.901. The van der Waals surface area contributed by atoms with Crippen LogP contribution in [0.5, 0.6) is 0 Å². The first kappa shape index (κ1) is 14.6. The third-order valence-electron chi connectivity index (χ3n) is 3.98. The average molecular weight is 349 g/mol. The molecule has 1 aliphatic heterocycles. The number of aryl methyl sites for hydroxylation is 1. The van der Waals surface area contributed by atoms with Gasteiger partial charge in [-0.2, -0.15) is 5.10 Å². The van der Waals surface area contributed by atoms with Crippen LogP contribution in [0.1, 0.15) is 12.0 Å². The van der Waals surface area contributed by atoms with Gasteiger partial charge in [-0.05, 0) is 30.5 Å². The van der Waals surface area contributed by atoms with Crippen molar-refractivity contribution in [2.45, 2.75) is 13.0 Å². The normalized spacial score (nSPS) is 18.4. The van der Waals surface area contributed by atoms with Crippen molar-refractivity contribution in [1.29, 1.82) is 0 Å². The molecule has 21 heavy (non-hydrogen) atoms. The van der Waals surface area contributed by atoms with E-state index in [1.54, 1.807) is 0 Å². The highest BCUT2D eigenvalue weighted by molar-refractivity contribution is 9.10. The highest BCUT2D eigenvalue weighted by Gasteiger charge is 2.22. The van der Waals surface area contributed by atoms with E-state index in [0.717, 1.165) is 36.6 Å². The van der Waals surface area contributed by atoms with E-state index < -0.39 is 0 Å². The molecule has 1 N–H and O–H groups in total. The second kappa shape index (κ2) is 6.62. The van der Waals surface area contributed by atoms with E-state index >= 15 is 0 Å². The summed E-state index contributed by atoms with van der Waals surface area (Å²) in [4.78, 5) is 2.47. The number of hydrogen-bond acceptors (Lipinski definition) is 3. The molecule has 1 fully saturated rings. The maximum absolute atomic E-state index is 4.19. The lowest BCUT2D eigenvalue weighted by molar-refractivity contribution is 0.516. The molecule has 1 aliphatic rings. The molecule has 0 aliphatic carbocycles. The van der Waals surface area contributed by atoms with E-state index in [2.05, 4.69) is 61.7 Å². The van der Waals surface area contributed by atoms with E-state index in [-0.39, 0.29) is 0 Å². The van der Waals surface area contributed by atoms with Gasteiger partial charge in [-0.1, -0.05) is 22.0 Å². The van der Waals surface area contributed by atoms with Crippen molar-refractivity contribution >= 4 is 21.6 Å². The first-order valence-electron chi connectivity index (χ1n) is 7.39. The molecule has 0 spiro atoms. The highest BCUT2D eigenvalue weighted by Crippen LogP contribution is 2.25. The molecule has 3 rings (SSSR count). The number of halogens is 1. The molecule has 1 saturated heterocycles. The minimum absolute atomic E-state index is 0.723. The second-order valence-electron chi connectivity index (χ2n) is 5.73. The monoisotopic (exact) mass is 348 g/mol. The van der Waals surface area contributed by atoms with Crippen LogP contribution in [-0.2, 0) is 13.6 Å². The maximum Gasteiger partial charge on any atom is 0.0534 e. The Morgan fingerprint density at radius 3 is 3.10 bits per heavy atom. The molecule has 1 aromatic carbocycles. The summed E-state index contributed by atoms with van der Waals surface area (Å²) in [5, 5.41) is 7.74. The van der Waals surface area contributed by atoms with E-state index in [1.165, 1.54) is 17.7 Å². The summed E-state index contributed by atoms with van der Waals surface area (Å²) in [6, 6.07) is 8.57. The second-order valence-corrected chi connectivity index (χ2v) is 6.65. The summed E-state index contributed by atoms with van der Waals surface area (Å²) < 4.78 is 3.00. The molecule has 1 unspecified atom stereocenters. The van der Waals surface area contributed by atoms with Gasteiger partial charge in [0.25, 0.3) is 0 Å². The molecule has 1 aromatic heterocycles. The van der Waals surface area contributed by atoms with Crippen molar-refractivity contribution in [2.75, 3.05) is 24.5 Å². The Morgan fingerprint density at radius 1 is 1.43 bits per heavy atom. The molecule has 4 nitrogen and oxygen atoms in total. The fraction of sp³-hybridized carbons (Fsp3) is 0.438. The Kier molecular flexibility index (Phi) is 4.60. The summed E-state index contributed by atoms with van der Waals surface area (Å²) in [5.74, 6) is 0.723. The van der Waals surface area contributed by atoms with Crippen LogP contribution < -0.4 is 10.2 Å². The third kappa shape index (κ3) is 3.86. The van der Waals surface area contributed by atoms with Crippen LogP contribution in [0.3, 0.4) is 0 Å². The summed E-state index contributed by atoms with van der Waals surface area (Å²) in [6.45, 7) is 4.26.